The van der Waals surface area contributed by atoms with Crippen LogP contribution in [0, 0.1) is 0 Å². The first-order chi connectivity index (χ1) is 15.2. The van der Waals surface area contributed by atoms with Crippen molar-refractivity contribution in [2.45, 2.75) is 13.5 Å². The molecule has 0 aliphatic heterocycles. The van der Waals surface area contributed by atoms with Crippen molar-refractivity contribution in [1.82, 2.24) is 19.5 Å². The van der Waals surface area contributed by atoms with Gasteiger partial charge in [-0.1, -0.05) is 48.5 Å². The molecule has 0 amide bonds. The van der Waals surface area contributed by atoms with E-state index in [1.54, 1.807) is 30.7 Å². The Labute approximate surface area is 183 Å². The predicted octanol–water partition coefficient (Wildman–Crippen LogP) is 5.36. The Kier molecular flexibility index (Phi) is 5.01. The number of ketones is 1. The summed E-state index contributed by atoms with van der Waals surface area (Å²) in [4.78, 5) is 26.1. The van der Waals surface area contributed by atoms with E-state index in [1.165, 1.54) is 0 Å². The lowest BCUT2D eigenvalue weighted by atomic mass is 10.1. The van der Waals surface area contributed by atoms with Crippen LogP contribution in [0.15, 0.2) is 77.8 Å². The third-order valence-corrected chi connectivity index (χ3v) is 5.68. The average Bonchev–Trinajstić information content (AvgIpc) is 3.48. The van der Waals surface area contributed by atoms with E-state index in [1.807, 2.05) is 52.4 Å². The molecule has 0 spiro atoms. The molecule has 0 atom stereocenters. The summed E-state index contributed by atoms with van der Waals surface area (Å²) >= 11 is 1.62. The van der Waals surface area contributed by atoms with E-state index in [4.69, 9.17) is 9.97 Å². The maximum absolute atomic E-state index is 11.9. The van der Waals surface area contributed by atoms with Gasteiger partial charge in [-0.2, -0.15) is 11.3 Å². The number of carbonyl (C=O) groups excluding carboxylic acids is 1. The maximum atomic E-state index is 11.9. The molecule has 152 valence electrons. The van der Waals surface area contributed by atoms with Crippen LogP contribution < -0.4 is 5.32 Å². The van der Waals surface area contributed by atoms with Crippen LogP contribution >= 0.6 is 11.3 Å². The van der Waals surface area contributed by atoms with Crippen LogP contribution in [-0.2, 0) is 6.54 Å². The van der Waals surface area contributed by atoms with Gasteiger partial charge in [-0.05, 0) is 30.0 Å². The van der Waals surface area contributed by atoms with E-state index < -0.39 is 0 Å². The number of fused-ring (bicyclic) bond motifs is 1. The minimum absolute atomic E-state index is 0.00803. The number of aromatic nitrogens is 4. The number of carbonyl (C=O) groups is 1. The lowest BCUT2D eigenvalue weighted by Gasteiger charge is -2.10. The Morgan fingerprint density at radius 2 is 1.94 bits per heavy atom. The van der Waals surface area contributed by atoms with E-state index in [-0.39, 0.29) is 5.78 Å². The van der Waals surface area contributed by atoms with E-state index in [0.717, 1.165) is 16.8 Å². The lowest BCUT2D eigenvalue weighted by Crippen LogP contribution is -2.05. The number of nitrogens with one attached hydrogen (secondary N) is 1. The summed E-state index contributed by atoms with van der Waals surface area (Å²) in [6.07, 6.45) is 1.77. The van der Waals surface area contributed by atoms with Crippen molar-refractivity contribution < 1.29 is 4.79 Å². The van der Waals surface area contributed by atoms with Crippen molar-refractivity contribution in [3.63, 3.8) is 0 Å². The number of anilines is 1. The largest absolute Gasteiger partial charge is 0.364 e. The normalized spacial score (nSPS) is 11.0. The Bertz CT molecular complexity index is 1360. The van der Waals surface area contributed by atoms with Crippen LogP contribution in [0.2, 0.25) is 0 Å². The molecular weight excluding hydrogens is 406 g/mol. The van der Waals surface area contributed by atoms with E-state index in [0.29, 0.717) is 34.9 Å². The van der Waals surface area contributed by atoms with Crippen LogP contribution in [0.25, 0.3) is 28.2 Å². The monoisotopic (exact) mass is 425 g/mol. The van der Waals surface area contributed by atoms with Gasteiger partial charge in [0.15, 0.2) is 28.6 Å². The number of hydrogen-bond acceptors (Lipinski definition) is 6. The third-order valence-electron chi connectivity index (χ3n) is 5.01. The topological polar surface area (TPSA) is 72.7 Å². The van der Waals surface area contributed by atoms with Crippen LogP contribution in [0.5, 0.6) is 0 Å². The van der Waals surface area contributed by atoms with Gasteiger partial charge in [-0.15, -0.1) is 0 Å². The summed E-state index contributed by atoms with van der Waals surface area (Å²) in [5, 5.41) is 7.49. The Hall–Kier alpha value is -3.84. The molecule has 0 radical (unpaired) electrons. The highest BCUT2D eigenvalue weighted by atomic mass is 32.1. The highest BCUT2D eigenvalue weighted by molar-refractivity contribution is 7.08. The highest BCUT2D eigenvalue weighted by Crippen LogP contribution is 2.27. The molecule has 0 bridgehead atoms. The SMILES string of the molecule is CC(=O)c1cccc(-c2nc(NCc3ccccc3)c3ncn(-c4ccsc4)c3n2)c1. The molecule has 3 aromatic heterocycles. The number of thiophene rings is 1. The van der Waals surface area contributed by atoms with E-state index >= 15 is 0 Å². The highest BCUT2D eigenvalue weighted by Gasteiger charge is 2.16. The summed E-state index contributed by atoms with van der Waals surface area (Å²) in [7, 11) is 0. The van der Waals surface area contributed by atoms with Gasteiger partial charge in [-0.3, -0.25) is 9.36 Å². The van der Waals surface area contributed by atoms with Gasteiger partial charge in [0.25, 0.3) is 0 Å². The Morgan fingerprint density at radius 1 is 1.06 bits per heavy atom. The molecule has 31 heavy (non-hydrogen) atoms. The zero-order chi connectivity index (χ0) is 21.2. The number of Topliss-reactive ketones (excluding diaryl/α,β-unsaturated/α-hetero) is 1. The van der Waals surface area contributed by atoms with Gasteiger partial charge in [0.2, 0.25) is 0 Å². The Morgan fingerprint density at radius 3 is 2.71 bits per heavy atom. The van der Waals surface area contributed by atoms with Crippen molar-refractivity contribution in [2.75, 3.05) is 5.32 Å². The molecule has 3 heterocycles. The fourth-order valence-corrected chi connectivity index (χ4v) is 4.02. The van der Waals surface area contributed by atoms with Crippen molar-refractivity contribution >= 4 is 34.1 Å². The third kappa shape index (κ3) is 3.83. The molecular formula is C24H19N5OS. The van der Waals surface area contributed by atoms with Crippen molar-refractivity contribution in [1.29, 1.82) is 0 Å². The smallest absolute Gasteiger partial charge is 0.170 e. The van der Waals surface area contributed by atoms with E-state index in [9.17, 15) is 4.79 Å². The fourth-order valence-electron chi connectivity index (χ4n) is 3.39. The zero-order valence-corrected chi connectivity index (χ0v) is 17.6. The second-order valence-electron chi connectivity index (χ2n) is 7.14. The first-order valence-electron chi connectivity index (χ1n) is 9.86. The van der Waals surface area contributed by atoms with Crippen molar-refractivity contribution in [2.24, 2.45) is 0 Å². The summed E-state index contributed by atoms with van der Waals surface area (Å²) in [5.74, 6) is 1.21. The number of benzene rings is 2. The van der Waals surface area contributed by atoms with Gasteiger partial charge in [0.1, 0.15) is 6.33 Å². The molecule has 6 nitrogen and oxygen atoms in total. The minimum atomic E-state index is 0.00803. The summed E-state index contributed by atoms with van der Waals surface area (Å²) in [5.41, 5.74) is 4.98. The van der Waals surface area contributed by atoms with Gasteiger partial charge >= 0.3 is 0 Å². The molecule has 0 saturated carbocycles. The van der Waals surface area contributed by atoms with Gasteiger partial charge < -0.3 is 5.32 Å². The van der Waals surface area contributed by atoms with Crippen molar-refractivity contribution in [3.8, 4) is 17.1 Å². The number of hydrogen-bond donors (Lipinski definition) is 1. The van der Waals surface area contributed by atoms with Crippen LogP contribution in [0.1, 0.15) is 22.8 Å². The second kappa shape index (κ2) is 8.12. The molecule has 5 aromatic rings. The summed E-state index contributed by atoms with van der Waals surface area (Å²) in [6.45, 7) is 2.17. The molecule has 0 fully saturated rings. The van der Waals surface area contributed by atoms with E-state index in [2.05, 4.69) is 27.8 Å². The second-order valence-corrected chi connectivity index (χ2v) is 7.92. The molecule has 5 rings (SSSR count). The van der Waals surface area contributed by atoms with Crippen LogP contribution in [0.4, 0.5) is 5.82 Å². The molecule has 0 saturated heterocycles. The fraction of sp³-hybridized carbons (Fsp3) is 0.0833. The molecule has 0 aliphatic carbocycles. The van der Waals surface area contributed by atoms with Crippen LogP contribution in [0.3, 0.4) is 0 Å². The van der Waals surface area contributed by atoms with Gasteiger partial charge in [-0.25, -0.2) is 15.0 Å². The minimum Gasteiger partial charge on any atom is -0.364 e. The number of imidazole rings is 1. The predicted molar refractivity (Wildman–Crippen MR) is 124 cm³/mol. The molecule has 1 N–H and O–H groups in total. The lowest BCUT2D eigenvalue weighted by molar-refractivity contribution is 0.101. The Balaban J connectivity index is 1.64. The van der Waals surface area contributed by atoms with Gasteiger partial charge in [0.05, 0.1) is 5.69 Å². The standard InChI is InChI=1S/C24H19N5OS/c1-16(30)18-8-5-9-19(12-18)22-27-23(25-13-17-6-3-2-4-7-17)21-24(28-22)29(15-26-21)20-10-11-31-14-20/h2-12,14-15H,13H2,1H3,(H,25,27,28). The first kappa shape index (κ1) is 19.1. The number of nitrogens with zero attached hydrogens (tertiary/aromatic N) is 4. The molecule has 2 aromatic carbocycles. The van der Waals surface area contributed by atoms with Gasteiger partial charge in [0, 0.05) is 23.1 Å². The molecule has 0 aliphatic rings. The summed E-state index contributed by atoms with van der Waals surface area (Å²) < 4.78 is 1.96. The molecule has 0 unspecified atom stereocenters. The quantitative estimate of drug-likeness (QED) is 0.371. The average molecular weight is 426 g/mol. The summed E-state index contributed by atoms with van der Waals surface area (Å²) in [6, 6.07) is 19.6. The van der Waals surface area contributed by atoms with Crippen LogP contribution in [-0.4, -0.2) is 25.3 Å². The zero-order valence-electron chi connectivity index (χ0n) is 16.8. The first-order valence-corrected chi connectivity index (χ1v) is 10.8. The number of rotatable bonds is 6. The molecule has 7 heteroatoms. The van der Waals surface area contributed by atoms with Crippen molar-refractivity contribution in [3.05, 3.63) is 88.9 Å². The maximum Gasteiger partial charge on any atom is 0.170 e.